The maximum Gasteiger partial charge on any atom is 0.460 e. The highest BCUT2D eigenvalue weighted by Gasteiger charge is 2.64. The largest absolute Gasteiger partial charge is 0.478 e. The van der Waals surface area contributed by atoms with Crippen LogP contribution in [0.5, 0.6) is 5.75 Å². The predicted molar refractivity (Wildman–Crippen MR) is 70.9 cm³/mol. The highest BCUT2D eigenvalue weighted by molar-refractivity contribution is 9.10. The van der Waals surface area contributed by atoms with Crippen LogP contribution in [0.25, 0.3) is 6.08 Å². The number of aryl methyl sites for hydroxylation is 1. The van der Waals surface area contributed by atoms with Gasteiger partial charge in [-0.3, -0.25) is 0 Å². The van der Waals surface area contributed by atoms with Gasteiger partial charge in [0.25, 0.3) is 0 Å². The Hall–Kier alpha value is -1.54. The van der Waals surface area contributed by atoms with Gasteiger partial charge in [0.1, 0.15) is 11.3 Å². The van der Waals surface area contributed by atoms with Crippen LogP contribution < -0.4 is 4.74 Å². The maximum atomic E-state index is 13.4. The quantitative estimate of drug-likeness (QED) is 0.868. The summed E-state index contributed by atoms with van der Waals surface area (Å²) in [5.41, 5.74) is -0.772. The minimum Gasteiger partial charge on any atom is -0.478 e. The molecule has 0 aromatic heterocycles. The second kappa shape index (κ2) is 5.03. The second-order valence-electron chi connectivity index (χ2n) is 4.27. The Kier molecular flexibility index (Phi) is 3.45. The lowest BCUT2D eigenvalue weighted by Crippen LogP contribution is -2.56. The molecule has 114 valence electrons. The van der Waals surface area contributed by atoms with Gasteiger partial charge in [0.15, 0.2) is 0 Å². The zero-order chi connectivity index (χ0) is 16.7. The van der Waals surface area contributed by atoms with Gasteiger partial charge in [-0.15, -0.1) is 0 Å². The van der Waals surface area contributed by atoms with Crippen LogP contribution in [-0.4, -0.2) is 30.1 Å². The summed E-state index contributed by atoms with van der Waals surface area (Å²) >= 11 is 3.16. The number of aliphatic carboxylic acids is 1. The number of carbonyl (C=O) groups is 1. The van der Waals surface area contributed by atoms with E-state index < -0.39 is 23.5 Å². The summed E-state index contributed by atoms with van der Waals surface area (Å²) < 4.78 is 57.5. The van der Waals surface area contributed by atoms with E-state index in [0.717, 1.165) is 6.08 Å². The van der Waals surface area contributed by atoms with Crippen molar-refractivity contribution in [3.05, 3.63) is 33.3 Å². The fraction of sp³-hybridized carbons (Fsp3) is 0.308. The molecule has 1 aliphatic heterocycles. The molecule has 0 bridgehead atoms. The van der Waals surface area contributed by atoms with E-state index in [1.165, 1.54) is 12.1 Å². The molecule has 2 rings (SSSR count). The topological polar surface area (TPSA) is 55.8 Å². The molecule has 0 saturated carbocycles. The molecule has 1 aliphatic rings. The highest BCUT2D eigenvalue weighted by atomic mass is 79.9. The normalized spacial score (nSPS) is 22.0. The van der Waals surface area contributed by atoms with Crippen molar-refractivity contribution >= 4 is 28.0 Å². The van der Waals surface area contributed by atoms with Gasteiger partial charge in [-0.2, -0.15) is 13.2 Å². The van der Waals surface area contributed by atoms with Gasteiger partial charge in [-0.25, -0.2) is 4.79 Å². The lowest BCUT2D eigenvalue weighted by molar-refractivity contribution is -0.326. The minimum absolute atomic E-state index is 0.131. The molecule has 1 aromatic rings. The molecule has 21 heavy (non-hydrogen) atoms. The molecular formula is C13H10BrF3O4. The van der Waals surface area contributed by atoms with Crippen LogP contribution in [0.4, 0.5) is 13.2 Å². The van der Waals surface area contributed by atoms with Gasteiger partial charge in [-0.1, -0.05) is 15.9 Å². The molecule has 8 heteroatoms. The summed E-state index contributed by atoms with van der Waals surface area (Å²) in [6.07, 6.45) is -4.27. The number of carboxylic acid groups (broad SMARTS) is 1. The van der Waals surface area contributed by atoms with E-state index in [1.54, 1.807) is 0 Å². The molecule has 1 aromatic carbocycles. The molecule has 0 fully saturated rings. The first-order valence-electron chi connectivity index (χ1n) is 6.25. The number of benzene rings is 1. The summed E-state index contributed by atoms with van der Waals surface area (Å²) in [4.78, 5) is 11.2. The number of alkyl halides is 3. The van der Waals surface area contributed by atoms with Crippen LogP contribution in [-0.2, 0) is 9.53 Å². The van der Waals surface area contributed by atoms with Crippen LogP contribution in [0, 0.1) is 6.90 Å². The van der Waals surface area contributed by atoms with E-state index >= 15 is 0 Å². The number of hydrogen-bond acceptors (Lipinski definition) is 3. The Bertz CT molecular complexity index is 659. The van der Waals surface area contributed by atoms with Crippen molar-refractivity contribution in [3.63, 3.8) is 0 Å². The van der Waals surface area contributed by atoms with Gasteiger partial charge < -0.3 is 14.6 Å². The molecule has 0 aliphatic carbocycles. The highest BCUT2D eigenvalue weighted by Crippen LogP contribution is 2.47. The van der Waals surface area contributed by atoms with Crippen molar-refractivity contribution in [2.45, 2.75) is 18.9 Å². The third kappa shape index (κ3) is 2.42. The number of methoxy groups -OCH3 is 1. The Morgan fingerprint density at radius 3 is 2.67 bits per heavy atom. The molecule has 0 radical (unpaired) electrons. The van der Waals surface area contributed by atoms with E-state index in [0.29, 0.717) is 11.6 Å². The van der Waals surface area contributed by atoms with E-state index in [2.05, 4.69) is 20.7 Å². The molecule has 0 amide bonds. The van der Waals surface area contributed by atoms with Crippen molar-refractivity contribution in [2.75, 3.05) is 7.11 Å². The van der Waals surface area contributed by atoms with Crippen LogP contribution >= 0.6 is 15.9 Å². The molecule has 1 heterocycles. The van der Waals surface area contributed by atoms with Crippen LogP contribution in [0.2, 0.25) is 0 Å². The van der Waals surface area contributed by atoms with E-state index in [1.807, 2.05) is 0 Å². The Morgan fingerprint density at radius 1 is 1.52 bits per heavy atom. The number of fused-ring (bicyclic) bond motifs is 1. The van der Waals surface area contributed by atoms with Gasteiger partial charge in [0, 0.05) is 18.5 Å². The molecule has 1 N–H and O–H groups in total. The summed E-state index contributed by atoms with van der Waals surface area (Å²) in [6.45, 7) is -0.338. The lowest BCUT2D eigenvalue weighted by atomic mass is 9.96. The van der Waals surface area contributed by atoms with Crippen molar-refractivity contribution in [2.24, 2.45) is 0 Å². The van der Waals surface area contributed by atoms with Crippen molar-refractivity contribution in [3.8, 4) is 5.75 Å². The number of hydrogen-bond donors (Lipinski definition) is 1. The molecule has 1 unspecified atom stereocenters. The zero-order valence-electron chi connectivity index (χ0n) is 11.6. The monoisotopic (exact) mass is 367 g/mol. The second-order valence-corrected chi connectivity index (χ2v) is 5.18. The standard InChI is InChI=1S/C13H10BrF3O4/c1-6-3-8(14)4-7-5-9(11(18)19)12(20-2,13(15,16)17)21-10(6)7/h3-5H,1-2H3,(H,18,19)/i1D. The van der Waals surface area contributed by atoms with E-state index in [-0.39, 0.29) is 23.8 Å². The maximum absolute atomic E-state index is 13.4. The van der Waals surface area contributed by atoms with E-state index in [4.69, 9.17) is 11.2 Å². The smallest absolute Gasteiger partial charge is 0.460 e. The Labute approximate surface area is 127 Å². The third-order valence-electron chi connectivity index (χ3n) is 2.95. The lowest BCUT2D eigenvalue weighted by Gasteiger charge is -2.38. The third-order valence-corrected chi connectivity index (χ3v) is 3.41. The number of halogens is 4. The van der Waals surface area contributed by atoms with Gasteiger partial charge in [0.05, 0.1) is 0 Å². The summed E-state index contributed by atoms with van der Waals surface area (Å²) in [5, 5.41) is 9.11. The SMILES string of the molecule is [2H]Cc1cc(Br)cc2c1OC(OC)(C(F)(F)F)C(C(=O)O)=C2. The molecule has 0 saturated heterocycles. The van der Waals surface area contributed by atoms with Crippen molar-refractivity contribution < 1.29 is 33.9 Å². The van der Waals surface area contributed by atoms with Crippen LogP contribution in [0.1, 0.15) is 12.5 Å². The molecular weight excluding hydrogens is 357 g/mol. The number of ether oxygens (including phenoxy) is 2. The molecule has 4 nitrogen and oxygen atoms in total. The van der Waals surface area contributed by atoms with Crippen molar-refractivity contribution in [1.29, 1.82) is 0 Å². The Balaban J connectivity index is 2.77. The van der Waals surface area contributed by atoms with Crippen molar-refractivity contribution in [1.82, 2.24) is 0 Å². The summed E-state index contributed by atoms with van der Waals surface area (Å²) in [7, 11) is 0.717. The predicted octanol–water partition coefficient (Wildman–Crippen LogP) is 3.52. The Morgan fingerprint density at radius 2 is 2.19 bits per heavy atom. The number of rotatable bonds is 2. The van der Waals surface area contributed by atoms with Gasteiger partial charge in [0.2, 0.25) is 0 Å². The molecule has 1 atom stereocenters. The average molecular weight is 368 g/mol. The first-order chi connectivity index (χ1) is 10.2. The van der Waals surface area contributed by atoms with Crippen LogP contribution in [0.15, 0.2) is 22.2 Å². The average Bonchev–Trinajstić information content (AvgIpc) is 2.43. The fourth-order valence-electron chi connectivity index (χ4n) is 2.03. The van der Waals surface area contributed by atoms with Crippen LogP contribution in [0.3, 0.4) is 0 Å². The summed E-state index contributed by atoms with van der Waals surface area (Å²) in [6, 6.07) is 2.84. The van der Waals surface area contributed by atoms with E-state index in [9.17, 15) is 18.0 Å². The minimum atomic E-state index is -5.12. The van der Waals surface area contributed by atoms with Gasteiger partial charge >= 0.3 is 17.9 Å². The molecule has 0 spiro atoms. The van der Waals surface area contributed by atoms with Gasteiger partial charge in [-0.05, 0) is 30.7 Å². The summed E-state index contributed by atoms with van der Waals surface area (Å²) in [5.74, 6) is -5.44. The number of carboxylic acids is 1. The fourth-order valence-corrected chi connectivity index (χ4v) is 2.56. The first-order valence-corrected chi connectivity index (χ1v) is 6.33. The first kappa shape index (κ1) is 14.4. The zero-order valence-corrected chi connectivity index (χ0v) is 12.2.